The minimum atomic E-state index is -0.465. The maximum atomic E-state index is 5.79. The number of fused-ring (bicyclic) bond motifs is 3. The fraction of sp³-hybridized carbons (Fsp3) is 0.467. The molecular weight excluding hydrogens is 244 g/mol. The lowest BCUT2D eigenvalue weighted by molar-refractivity contribution is -0.399. The SMILES string of the molecule is C=Cc1ccc(COCC23COC(OC2)OC3)cc1. The van der Waals surface area contributed by atoms with Gasteiger partial charge >= 0.3 is 0 Å². The Bertz CT molecular complexity index is 418. The zero-order valence-electron chi connectivity index (χ0n) is 10.8. The van der Waals surface area contributed by atoms with Crippen LogP contribution in [0, 0.1) is 5.41 Å². The van der Waals surface area contributed by atoms with Gasteiger partial charge in [-0.1, -0.05) is 36.9 Å². The van der Waals surface area contributed by atoms with E-state index in [1.807, 2.05) is 18.2 Å². The molecule has 1 aromatic rings. The standard InChI is InChI=1S/C15H18O4/c1-2-12-3-5-13(6-4-12)7-16-8-15-9-17-14(18-10-15)19-11-15/h2-6,14H,1,7-11H2. The van der Waals surface area contributed by atoms with Crippen LogP contribution in [0.5, 0.6) is 0 Å². The van der Waals surface area contributed by atoms with Crippen molar-refractivity contribution in [1.82, 2.24) is 0 Å². The van der Waals surface area contributed by atoms with E-state index in [2.05, 4.69) is 18.7 Å². The van der Waals surface area contributed by atoms with Crippen LogP contribution in [0.25, 0.3) is 6.08 Å². The van der Waals surface area contributed by atoms with E-state index in [-0.39, 0.29) is 5.41 Å². The largest absolute Gasteiger partial charge is 0.376 e. The molecular formula is C15H18O4. The van der Waals surface area contributed by atoms with Gasteiger partial charge in [-0.15, -0.1) is 0 Å². The molecule has 0 radical (unpaired) electrons. The Morgan fingerprint density at radius 2 is 1.79 bits per heavy atom. The minimum absolute atomic E-state index is 0.143. The number of rotatable bonds is 5. The first-order valence-corrected chi connectivity index (χ1v) is 6.44. The van der Waals surface area contributed by atoms with E-state index in [9.17, 15) is 0 Å². The van der Waals surface area contributed by atoms with Gasteiger partial charge in [0.25, 0.3) is 6.48 Å². The van der Waals surface area contributed by atoms with Crippen molar-refractivity contribution in [2.75, 3.05) is 26.4 Å². The van der Waals surface area contributed by atoms with Crippen LogP contribution in [0.2, 0.25) is 0 Å². The van der Waals surface area contributed by atoms with Crippen LogP contribution in [0.15, 0.2) is 30.8 Å². The van der Waals surface area contributed by atoms with Gasteiger partial charge in [0, 0.05) is 0 Å². The van der Waals surface area contributed by atoms with Crippen LogP contribution in [-0.4, -0.2) is 32.9 Å². The van der Waals surface area contributed by atoms with E-state index in [0.29, 0.717) is 33.0 Å². The average Bonchev–Trinajstić information content (AvgIpc) is 2.50. The number of hydrogen-bond acceptors (Lipinski definition) is 4. The van der Waals surface area contributed by atoms with Gasteiger partial charge in [0.1, 0.15) is 0 Å². The second kappa shape index (κ2) is 5.43. The molecule has 1 aromatic carbocycles. The third-order valence-corrected chi connectivity index (χ3v) is 3.47. The van der Waals surface area contributed by atoms with Gasteiger partial charge in [0.05, 0.1) is 38.4 Å². The van der Waals surface area contributed by atoms with Gasteiger partial charge in [0.15, 0.2) is 0 Å². The second-order valence-electron chi connectivity index (χ2n) is 5.16. The summed E-state index contributed by atoms with van der Waals surface area (Å²) in [5.74, 6) is 0. The highest BCUT2D eigenvalue weighted by Gasteiger charge is 2.43. The molecule has 3 heterocycles. The fourth-order valence-electron chi connectivity index (χ4n) is 2.26. The summed E-state index contributed by atoms with van der Waals surface area (Å²) in [6, 6.07) is 8.17. The van der Waals surface area contributed by atoms with Crippen molar-refractivity contribution >= 4 is 6.08 Å². The lowest BCUT2D eigenvalue weighted by atomic mass is 9.91. The van der Waals surface area contributed by atoms with Crippen molar-refractivity contribution in [2.45, 2.75) is 13.1 Å². The molecule has 0 saturated carbocycles. The van der Waals surface area contributed by atoms with Crippen molar-refractivity contribution in [3.05, 3.63) is 42.0 Å². The van der Waals surface area contributed by atoms with Crippen molar-refractivity contribution in [2.24, 2.45) is 5.41 Å². The number of benzene rings is 1. The summed E-state index contributed by atoms with van der Waals surface area (Å²) < 4.78 is 21.9. The molecule has 4 rings (SSSR count). The Labute approximate surface area is 112 Å². The van der Waals surface area contributed by atoms with Crippen LogP contribution in [0.3, 0.4) is 0 Å². The maximum absolute atomic E-state index is 5.79. The highest BCUT2D eigenvalue weighted by atomic mass is 16.9. The number of hydrogen-bond donors (Lipinski definition) is 0. The Morgan fingerprint density at radius 3 is 2.37 bits per heavy atom. The monoisotopic (exact) mass is 262 g/mol. The molecule has 0 N–H and O–H groups in total. The fourth-order valence-corrected chi connectivity index (χ4v) is 2.26. The molecule has 0 unspecified atom stereocenters. The van der Waals surface area contributed by atoms with Crippen molar-refractivity contribution < 1.29 is 18.9 Å². The summed E-state index contributed by atoms with van der Waals surface area (Å²) in [6.07, 6.45) is 1.83. The summed E-state index contributed by atoms with van der Waals surface area (Å²) in [4.78, 5) is 0. The van der Waals surface area contributed by atoms with E-state index in [0.717, 1.165) is 11.1 Å². The van der Waals surface area contributed by atoms with Crippen LogP contribution >= 0.6 is 0 Å². The molecule has 102 valence electrons. The molecule has 4 heteroatoms. The van der Waals surface area contributed by atoms with E-state index in [1.165, 1.54) is 0 Å². The highest BCUT2D eigenvalue weighted by molar-refractivity contribution is 5.47. The Morgan fingerprint density at radius 1 is 1.16 bits per heavy atom. The Kier molecular flexibility index (Phi) is 3.66. The number of ether oxygens (including phenoxy) is 4. The minimum Gasteiger partial charge on any atom is -0.376 e. The summed E-state index contributed by atoms with van der Waals surface area (Å²) in [7, 11) is 0. The summed E-state index contributed by atoms with van der Waals surface area (Å²) >= 11 is 0. The highest BCUT2D eigenvalue weighted by Crippen LogP contribution is 2.32. The molecule has 0 aliphatic carbocycles. The second-order valence-corrected chi connectivity index (χ2v) is 5.16. The van der Waals surface area contributed by atoms with Gasteiger partial charge < -0.3 is 18.9 Å². The Hall–Kier alpha value is -1.20. The first kappa shape index (κ1) is 12.8. The van der Waals surface area contributed by atoms with Crippen LogP contribution < -0.4 is 0 Å². The normalized spacial score (nSPS) is 29.4. The van der Waals surface area contributed by atoms with Crippen LogP contribution in [0.4, 0.5) is 0 Å². The quantitative estimate of drug-likeness (QED) is 0.815. The lowest BCUT2D eigenvalue weighted by Gasteiger charge is -2.44. The first-order chi connectivity index (χ1) is 9.30. The molecule has 3 aliphatic heterocycles. The third kappa shape index (κ3) is 2.87. The smallest absolute Gasteiger partial charge is 0.271 e. The van der Waals surface area contributed by atoms with Crippen molar-refractivity contribution in [3.8, 4) is 0 Å². The van der Waals surface area contributed by atoms with E-state index in [4.69, 9.17) is 18.9 Å². The molecule has 0 spiro atoms. The molecule has 2 bridgehead atoms. The zero-order valence-corrected chi connectivity index (χ0v) is 10.8. The van der Waals surface area contributed by atoms with Gasteiger partial charge in [-0.3, -0.25) is 0 Å². The topological polar surface area (TPSA) is 36.9 Å². The molecule has 19 heavy (non-hydrogen) atoms. The van der Waals surface area contributed by atoms with E-state index >= 15 is 0 Å². The molecule has 3 fully saturated rings. The van der Waals surface area contributed by atoms with Crippen LogP contribution in [-0.2, 0) is 25.6 Å². The van der Waals surface area contributed by atoms with Gasteiger partial charge in [0.2, 0.25) is 0 Å². The van der Waals surface area contributed by atoms with E-state index < -0.39 is 6.48 Å². The van der Waals surface area contributed by atoms with Gasteiger partial charge in [-0.25, -0.2) is 0 Å². The van der Waals surface area contributed by atoms with Crippen LogP contribution in [0.1, 0.15) is 11.1 Å². The first-order valence-electron chi connectivity index (χ1n) is 6.44. The summed E-state index contributed by atoms with van der Waals surface area (Å²) in [5.41, 5.74) is 2.12. The van der Waals surface area contributed by atoms with E-state index in [1.54, 1.807) is 0 Å². The molecule has 0 aromatic heterocycles. The maximum Gasteiger partial charge on any atom is 0.271 e. The Balaban J connectivity index is 1.50. The van der Waals surface area contributed by atoms with Gasteiger partial charge in [-0.05, 0) is 11.1 Å². The lowest BCUT2D eigenvalue weighted by Crippen LogP contribution is -2.54. The average molecular weight is 262 g/mol. The molecule has 0 amide bonds. The van der Waals surface area contributed by atoms with Crippen molar-refractivity contribution in [1.29, 1.82) is 0 Å². The predicted molar refractivity (Wildman–Crippen MR) is 70.3 cm³/mol. The summed E-state index contributed by atoms with van der Waals surface area (Å²) in [5, 5.41) is 0. The molecule has 3 aliphatic rings. The molecule has 4 nitrogen and oxygen atoms in total. The predicted octanol–water partition coefficient (Wildman–Crippen LogP) is 2.19. The molecule has 0 atom stereocenters. The zero-order chi connectivity index (χ0) is 13.1. The third-order valence-electron chi connectivity index (χ3n) is 3.47. The van der Waals surface area contributed by atoms with Crippen molar-refractivity contribution in [3.63, 3.8) is 0 Å². The van der Waals surface area contributed by atoms with Gasteiger partial charge in [-0.2, -0.15) is 0 Å². The molecule has 3 saturated heterocycles. The summed E-state index contributed by atoms with van der Waals surface area (Å²) in [6.45, 7) is 6.38.